The van der Waals surface area contributed by atoms with Crippen LogP contribution in [0.4, 0.5) is 0 Å². The second-order valence-electron chi connectivity index (χ2n) is 4.57. The smallest absolute Gasteiger partial charge is 0.338 e. The van der Waals surface area contributed by atoms with Crippen molar-refractivity contribution in [3.63, 3.8) is 0 Å². The Morgan fingerprint density at radius 3 is 2.63 bits per heavy atom. The van der Waals surface area contributed by atoms with E-state index in [1.54, 1.807) is 12.1 Å². The number of carbonyl (C=O) groups is 1. The van der Waals surface area contributed by atoms with Gasteiger partial charge in [0.15, 0.2) is 0 Å². The molecule has 3 heteroatoms. The van der Waals surface area contributed by atoms with Gasteiger partial charge in [0, 0.05) is 0 Å². The van der Waals surface area contributed by atoms with Crippen molar-refractivity contribution >= 4 is 5.97 Å². The molecule has 0 amide bonds. The topological polar surface area (TPSA) is 35.5 Å². The summed E-state index contributed by atoms with van der Waals surface area (Å²) in [5, 5.41) is 0. The van der Waals surface area contributed by atoms with Crippen LogP contribution in [0.2, 0.25) is 0 Å². The van der Waals surface area contributed by atoms with E-state index in [9.17, 15) is 4.79 Å². The lowest BCUT2D eigenvalue weighted by Crippen LogP contribution is -2.06. The molecule has 0 atom stereocenters. The lowest BCUT2D eigenvalue weighted by molar-refractivity contribution is 0.0504. The van der Waals surface area contributed by atoms with Crippen LogP contribution in [-0.2, 0) is 4.74 Å². The molecular formula is C16H24O3. The third-order valence-corrected chi connectivity index (χ3v) is 2.77. The van der Waals surface area contributed by atoms with Crippen molar-refractivity contribution in [2.45, 2.75) is 46.0 Å². The van der Waals surface area contributed by atoms with E-state index in [-0.39, 0.29) is 5.97 Å². The number of ether oxygens (including phenoxy) is 2. The first kappa shape index (κ1) is 15.5. The van der Waals surface area contributed by atoms with Crippen molar-refractivity contribution in [3.05, 3.63) is 29.8 Å². The predicted octanol–water partition coefficient (Wildman–Crippen LogP) is 4.21. The molecule has 0 saturated heterocycles. The zero-order chi connectivity index (χ0) is 13.9. The number of benzene rings is 1. The van der Waals surface area contributed by atoms with Crippen LogP contribution in [0.5, 0.6) is 5.75 Å². The predicted molar refractivity (Wildman–Crippen MR) is 76.7 cm³/mol. The summed E-state index contributed by atoms with van der Waals surface area (Å²) >= 11 is 0. The average molecular weight is 264 g/mol. The van der Waals surface area contributed by atoms with E-state index in [4.69, 9.17) is 9.47 Å². The zero-order valence-electron chi connectivity index (χ0n) is 12.0. The van der Waals surface area contributed by atoms with E-state index in [1.807, 2.05) is 19.1 Å². The van der Waals surface area contributed by atoms with Crippen LogP contribution in [0.1, 0.15) is 56.3 Å². The fraction of sp³-hybridized carbons (Fsp3) is 0.562. The summed E-state index contributed by atoms with van der Waals surface area (Å²) in [6, 6.07) is 7.19. The molecule has 0 radical (unpaired) electrons. The molecule has 0 spiro atoms. The summed E-state index contributed by atoms with van der Waals surface area (Å²) in [6.45, 7) is 5.32. The Labute approximate surface area is 115 Å². The van der Waals surface area contributed by atoms with Crippen molar-refractivity contribution in [2.24, 2.45) is 0 Å². The highest BCUT2D eigenvalue weighted by Crippen LogP contribution is 2.15. The second-order valence-corrected chi connectivity index (χ2v) is 4.57. The van der Waals surface area contributed by atoms with Gasteiger partial charge in [-0.2, -0.15) is 0 Å². The number of unbranched alkanes of at least 4 members (excludes halogenated alkanes) is 3. The molecule has 0 heterocycles. The molecule has 19 heavy (non-hydrogen) atoms. The maximum absolute atomic E-state index is 11.7. The first-order valence-electron chi connectivity index (χ1n) is 7.18. The summed E-state index contributed by atoms with van der Waals surface area (Å²) < 4.78 is 10.7. The Hall–Kier alpha value is -1.51. The van der Waals surface area contributed by atoms with Crippen LogP contribution in [0.15, 0.2) is 24.3 Å². The van der Waals surface area contributed by atoms with Crippen molar-refractivity contribution in [3.8, 4) is 5.75 Å². The van der Waals surface area contributed by atoms with E-state index in [0.717, 1.165) is 18.6 Å². The quantitative estimate of drug-likeness (QED) is 0.495. The molecule has 0 aliphatic carbocycles. The van der Waals surface area contributed by atoms with Crippen LogP contribution < -0.4 is 4.74 Å². The molecule has 0 fully saturated rings. The van der Waals surface area contributed by atoms with Crippen molar-refractivity contribution in [2.75, 3.05) is 13.2 Å². The molecular weight excluding hydrogens is 240 g/mol. The zero-order valence-corrected chi connectivity index (χ0v) is 12.0. The first-order chi connectivity index (χ1) is 9.27. The SMILES string of the molecule is CCCCCCOc1cccc(C(=O)OCCC)c1. The molecule has 1 aromatic rings. The molecule has 0 N–H and O–H groups in total. The summed E-state index contributed by atoms with van der Waals surface area (Å²) in [5.74, 6) is 0.459. The van der Waals surface area contributed by atoms with Crippen LogP contribution >= 0.6 is 0 Å². The van der Waals surface area contributed by atoms with Gasteiger partial charge in [0.25, 0.3) is 0 Å². The Morgan fingerprint density at radius 2 is 1.89 bits per heavy atom. The fourth-order valence-electron chi connectivity index (χ4n) is 1.71. The molecule has 1 rings (SSSR count). The Morgan fingerprint density at radius 1 is 1.05 bits per heavy atom. The van der Waals surface area contributed by atoms with Gasteiger partial charge in [-0.15, -0.1) is 0 Å². The Bertz CT molecular complexity index is 374. The summed E-state index contributed by atoms with van der Waals surface area (Å²) in [5.41, 5.74) is 0.555. The maximum Gasteiger partial charge on any atom is 0.338 e. The number of esters is 1. The molecule has 0 unspecified atom stereocenters. The number of carbonyl (C=O) groups excluding carboxylic acids is 1. The number of rotatable bonds is 9. The minimum atomic E-state index is -0.279. The van der Waals surface area contributed by atoms with Crippen LogP contribution in [-0.4, -0.2) is 19.2 Å². The van der Waals surface area contributed by atoms with Gasteiger partial charge in [-0.1, -0.05) is 39.2 Å². The highest BCUT2D eigenvalue weighted by atomic mass is 16.5. The summed E-state index contributed by atoms with van der Waals surface area (Å²) in [7, 11) is 0. The van der Waals surface area contributed by atoms with Gasteiger partial charge >= 0.3 is 5.97 Å². The monoisotopic (exact) mass is 264 g/mol. The molecule has 0 aromatic heterocycles. The van der Waals surface area contributed by atoms with Gasteiger partial charge in [0.1, 0.15) is 5.75 Å². The van der Waals surface area contributed by atoms with Crippen molar-refractivity contribution in [1.29, 1.82) is 0 Å². The molecule has 0 bridgehead atoms. The van der Waals surface area contributed by atoms with E-state index in [2.05, 4.69) is 6.92 Å². The van der Waals surface area contributed by atoms with Gasteiger partial charge in [0.2, 0.25) is 0 Å². The van der Waals surface area contributed by atoms with E-state index in [0.29, 0.717) is 18.8 Å². The highest BCUT2D eigenvalue weighted by molar-refractivity contribution is 5.89. The Balaban J connectivity index is 2.41. The molecule has 106 valence electrons. The van der Waals surface area contributed by atoms with Gasteiger partial charge in [-0.25, -0.2) is 4.79 Å². The standard InChI is InChI=1S/C16H24O3/c1-3-5-6-7-12-18-15-10-8-9-14(13-15)16(17)19-11-4-2/h8-10,13H,3-7,11-12H2,1-2H3. The highest BCUT2D eigenvalue weighted by Gasteiger charge is 2.07. The van der Waals surface area contributed by atoms with Gasteiger partial charge in [-0.05, 0) is 31.0 Å². The van der Waals surface area contributed by atoms with Gasteiger partial charge in [-0.3, -0.25) is 0 Å². The van der Waals surface area contributed by atoms with Crippen LogP contribution in [0, 0.1) is 0 Å². The molecule has 0 saturated carbocycles. The summed E-state index contributed by atoms with van der Waals surface area (Å²) in [6.07, 6.45) is 5.54. The van der Waals surface area contributed by atoms with Crippen LogP contribution in [0.3, 0.4) is 0 Å². The number of hydrogen-bond donors (Lipinski definition) is 0. The maximum atomic E-state index is 11.7. The summed E-state index contributed by atoms with van der Waals surface area (Å²) in [4.78, 5) is 11.7. The van der Waals surface area contributed by atoms with E-state index in [1.165, 1.54) is 19.3 Å². The van der Waals surface area contributed by atoms with E-state index < -0.39 is 0 Å². The van der Waals surface area contributed by atoms with Gasteiger partial charge in [0.05, 0.1) is 18.8 Å². The first-order valence-corrected chi connectivity index (χ1v) is 7.18. The molecule has 0 aliphatic heterocycles. The second kappa shape index (κ2) is 9.42. The Kier molecular flexibility index (Phi) is 7.71. The minimum absolute atomic E-state index is 0.279. The number of hydrogen-bond acceptors (Lipinski definition) is 3. The largest absolute Gasteiger partial charge is 0.494 e. The average Bonchev–Trinajstić information content (AvgIpc) is 2.45. The third kappa shape index (κ3) is 6.27. The minimum Gasteiger partial charge on any atom is -0.494 e. The van der Waals surface area contributed by atoms with Crippen molar-refractivity contribution < 1.29 is 14.3 Å². The molecule has 3 nitrogen and oxygen atoms in total. The van der Waals surface area contributed by atoms with Crippen LogP contribution in [0.25, 0.3) is 0 Å². The molecule has 1 aromatic carbocycles. The lowest BCUT2D eigenvalue weighted by atomic mass is 10.2. The normalized spacial score (nSPS) is 10.2. The van der Waals surface area contributed by atoms with E-state index >= 15 is 0 Å². The molecule has 0 aliphatic rings. The fourth-order valence-corrected chi connectivity index (χ4v) is 1.71. The van der Waals surface area contributed by atoms with Gasteiger partial charge < -0.3 is 9.47 Å². The lowest BCUT2D eigenvalue weighted by Gasteiger charge is -2.08. The van der Waals surface area contributed by atoms with Crippen molar-refractivity contribution in [1.82, 2.24) is 0 Å². The third-order valence-electron chi connectivity index (χ3n) is 2.77.